The number of aliphatic hydroxyl groups excluding tert-OH is 1. The largest absolute Gasteiger partial charge is 0.875 e. The Morgan fingerprint density at radius 1 is 1.02 bits per heavy atom. The zero-order valence-corrected chi connectivity index (χ0v) is 29.1. The first-order valence-electron chi connectivity index (χ1n) is 17.7. The number of benzene rings is 3. The van der Waals surface area contributed by atoms with Gasteiger partial charge >= 0.3 is 0 Å². The van der Waals surface area contributed by atoms with E-state index in [-0.39, 0.29) is 48.3 Å². The summed E-state index contributed by atoms with van der Waals surface area (Å²) in [6.07, 6.45) is 17.7. The third-order valence-corrected chi connectivity index (χ3v) is 9.25. The number of nitrogens with two attached hydrogens (primary N) is 1. The van der Waals surface area contributed by atoms with Gasteiger partial charge in [-0.15, -0.1) is 5.76 Å². The average Bonchev–Trinajstić information content (AvgIpc) is 3.67. The van der Waals surface area contributed by atoms with Gasteiger partial charge in [-0.25, -0.2) is 0 Å². The molecule has 6 N–H and O–H groups in total. The van der Waals surface area contributed by atoms with Crippen LogP contribution in [-0.2, 0) is 17.6 Å². The number of rotatable bonds is 18. The molecule has 0 aromatic heterocycles. The number of ketones is 1. The van der Waals surface area contributed by atoms with Crippen molar-refractivity contribution in [2.75, 3.05) is 6.61 Å². The Morgan fingerprint density at radius 2 is 1.82 bits per heavy atom. The zero-order valence-electron chi connectivity index (χ0n) is 29.1. The lowest BCUT2D eigenvalue weighted by Gasteiger charge is -2.27. The van der Waals surface area contributed by atoms with Crippen LogP contribution in [0, 0.1) is 0 Å². The molecule has 3 aromatic carbocycles. The van der Waals surface area contributed by atoms with Gasteiger partial charge < -0.3 is 36.2 Å². The van der Waals surface area contributed by atoms with E-state index in [1.165, 1.54) is 0 Å². The molecule has 51 heavy (non-hydrogen) atoms. The Balaban J connectivity index is 1.22. The predicted octanol–water partition coefficient (Wildman–Crippen LogP) is 6.37. The highest BCUT2D eigenvalue weighted by atomic mass is 16.5. The van der Waals surface area contributed by atoms with Crippen LogP contribution in [0.4, 0.5) is 0 Å². The van der Waals surface area contributed by atoms with Crippen LogP contribution in [0.25, 0.3) is 6.08 Å². The van der Waals surface area contributed by atoms with Crippen LogP contribution in [0.3, 0.4) is 0 Å². The first kappa shape index (κ1) is 37.1. The Kier molecular flexibility index (Phi) is 13.3. The standard InChI is InChI=1S/C42H49N3O6/c1-28(46)7-5-3-2-4-6-8-34(47)13-9-29-11-16-39(49)41(24-29)51-22-19-30-10-15-38(48)37(23-30)36(26-40(50)33-17-20-44-27-33)31-12-14-35-32(25-31)18-21-45-42(35)43/h6,8,10-12,14-18,20-21,23-25,27-28,36,42,45-46,48-50H,2-5,7,9,13,19,22,26,43H2,1H3/p-1. The maximum absolute atomic E-state index is 13.3. The molecular weight excluding hydrogens is 642 g/mol. The molecule has 0 spiro atoms. The van der Waals surface area contributed by atoms with Gasteiger partial charge in [0.2, 0.25) is 0 Å². The number of unbranched alkanes of at least 4 members (excludes halogenated alkanes) is 3. The smallest absolute Gasteiger partial charge is 0.161 e. The maximum Gasteiger partial charge on any atom is 0.161 e. The Hall–Kier alpha value is -5.12. The quantitative estimate of drug-likeness (QED) is 0.0585. The van der Waals surface area contributed by atoms with E-state index in [1.54, 1.807) is 55.8 Å². The molecule has 9 heteroatoms. The summed E-state index contributed by atoms with van der Waals surface area (Å²) >= 11 is 0. The third-order valence-electron chi connectivity index (χ3n) is 9.25. The van der Waals surface area contributed by atoms with Gasteiger partial charge in [0.1, 0.15) is 11.9 Å². The van der Waals surface area contributed by atoms with Crippen molar-refractivity contribution in [3.63, 3.8) is 0 Å². The SMILES string of the molecule is CC(O)CCCCCC=CC(=O)CCc1ccc(O)c(OCCc2ccc(O)c(C(CC([O-])=C3C=CN=C3)c3ccc4c(c3)C=CNC4N)c2)c1. The summed E-state index contributed by atoms with van der Waals surface area (Å²) in [6.45, 7) is 2.06. The molecule has 2 aliphatic heterocycles. The number of aliphatic hydroxyl groups is 1. The normalized spacial score (nSPS) is 17.0. The van der Waals surface area contributed by atoms with Gasteiger partial charge in [-0.3, -0.25) is 9.79 Å². The van der Waals surface area contributed by atoms with E-state index in [4.69, 9.17) is 10.5 Å². The minimum Gasteiger partial charge on any atom is -0.875 e. The lowest BCUT2D eigenvalue weighted by atomic mass is 9.83. The summed E-state index contributed by atoms with van der Waals surface area (Å²) in [5.74, 6) is -0.0107. The summed E-state index contributed by atoms with van der Waals surface area (Å²) in [5, 5.41) is 47.4. The topological polar surface area (TPSA) is 160 Å². The van der Waals surface area contributed by atoms with E-state index in [0.717, 1.165) is 59.9 Å². The highest BCUT2D eigenvalue weighted by Gasteiger charge is 2.22. The van der Waals surface area contributed by atoms with Crippen LogP contribution in [0.2, 0.25) is 0 Å². The molecule has 3 atom stereocenters. The molecule has 3 aromatic rings. The van der Waals surface area contributed by atoms with Crippen LogP contribution in [0.15, 0.2) is 102 Å². The van der Waals surface area contributed by atoms with Crippen LogP contribution < -0.4 is 20.9 Å². The molecule has 0 aliphatic carbocycles. The van der Waals surface area contributed by atoms with Crippen LogP contribution in [-0.4, -0.2) is 40.0 Å². The van der Waals surface area contributed by atoms with Crippen molar-refractivity contribution in [1.29, 1.82) is 0 Å². The molecule has 0 bridgehead atoms. The number of hydrogen-bond donors (Lipinski definition) is 5. The van der Waals surface area contributed by atoms with Crippen molar-refractivity contribution in [2.24, 2.45) is 10.7 Å². The van der Waals surface area contributed by atoms with E-state index < -0.39 is 5.92 Å². The first-order chi connectivity index (χ1) is 24.7. The third kappa shape index (κ3) is 10.7. The number of nitrogens with one attached hydrogen (secondary N) is 1. The monoisotopic (exact) mass is 690 g/mol. The van der Waals surface area contributed by atoms with Crippen molar-refractivity contribution in [3.05, 3.63) is 130 Å². The number of carbonyl (C=O) groups excluding carboxylic acids is 1. The lowest BCUT2D eigenvalue weighted by Crippen LogP contribution is -2.27. The van der Waals surface area contributed by atoms with E-state index in [1.807, 2.05) is 48.7 Å². The number of aromatic hydroxyl groups is 2. The number of nitrogens with zero attached hydrogens (tertiary/aromatic N) is 1. The molecule has 0 fully saturated rings. The number of phenols is 2. The second-order valence-corrected chi connectivity index (χ2v) is 13.2. The Bertz CT molecular complexity index is 1810. The number of fused-ring (bicyclic) bond motifs is 1. The molecule has 0 radical (unpaired) electrons. The van der Waals surface area contributed by atoms with Gasteiger partial charge in [0.15, 0.2) is 17.3 Å². The van der Waals surface area contributed by atoms with Crippen molar-refractivity contribution in [2.45, 2.75) is 82.9 Å². The zero-order chi connectivity index (χ0) is 36.2. The van der Waals surface area contributed by atoms with Gasteiger partial charge in [0.25, 0.3) is 0 Å². The summed E-state index contributed by atoms with van der Waals surface area (Å²) in [5.41, 5.74) is 11.9. The Labute approximate surface area is 300 Å². The summed E-state index contributed by atoms with van der Waals surface area (Å²) in [7, 11) is 0. The molecular formula is C42H48N3O6-. The number of hydrogen-bond acceptors (Lipinski definition) is 9. The number of aryl methyl sites for hydroxylation is 1. The van der Waals surface area contributed by atoms with Crippen molar-refractivity contribution in [3.8, 4) is 17.2 Å². The van der Waals surface area contributed by atoms with Gasteiger partial charge in [0.05, 0.1) is 12.7 Å². The lowest BCUT2D eigenvalue weighted by molar-refractivity contribution is -0.307. The molecule has 0 saturated heterocycles. The van der Waals surface area contributed by atoms with Crippen molar-refractivity contribution >= 4 is 18.1 Å². The molecule has 2 heterocycles. The number of ether oxygens (including phenoxy) is 1. The maximum atomic E-state index is 13.3. The summed E-state index contributed by atoms with van der Waals surface area (Å²) in [4.78, 5) is 16.5. The predicted molar refractivity (Wildman–Crippen MR) is 199 cm³/mol. The minimum atomic E-state index is -0.433. The Morgan fingerprint density at radius 3 is 2.61 bits per heavy atom. The fraction of sp³-hybridized carbons (Fsp3) is 0.333. The molecule has 9 nitrogen and oxygen atoms in total. The van der Waals surface area contributed by atoms with Crippen LogP contribution in [0.5, 0.6) is 17.2 Å². The van der Waals surface area contributed by atoms with E-state index in [0.29, 0.717) is 36.1 Å². The van der Waals surface area contributed by atoms with Crippen LogP contribution in [0.1, 0.15) is 97.3 Å². The van der Waals surface area contributed by atoms with Crippen molar-refractivity contribution < 1.29 is 30.0 Å². The number of phenolic OH excluding ortho intramolecular Hbond substituents is 2. The molecule has 268 valence electrons. The minimum absolute atomic E-state index is 0.0175. The molecule has 2 aliphatic rings. The van der Waals surface area contributed by atoms with E-state index >= 15 is 0 Å². The second-order valence-electron chi connectivity index (χ2n) is 13.2. The van der Waals surface area contributed by atoms with Gasteiger partial charge in [-0.2, -0.15) is 0 Å². The van der Waals surface area contributed by atoms with Crippen molar-refractivity contribution in [1.82, 2.24) is 5.32 Å². The highest BCUT2D eigenvalue weighted by Crippen LogP contribution is 2.38. The number of allylic oxidation sites excluding steroid dienone is 5. The fourth-order valence-electron chi connectivity index (χ4n) is 6.33. The first-order valence-corrected chi connectivity index (χ1v) is 17.7. The fourth-order valence-corrected chi connectivity index (χ4v) is 6.33. The van der Waals surface area contributed by atoms with Crippen LogP contribution >= 0.6 is 0 Å². The molecule has 0 saturated carbocycles. The number of carbonyl (C=O) groups is 1. The molecule has 0 amide bonds. The van der Waals surface area contributed by atoms with E-state index in [2.05, 4.69) is 10.3 Å². The number of aliphatic imine (C=N–C) groups is 1. The van der Waals surface area contributed by atoms with Gasteiger partial charge in [-0.1, -0.05) is 55.3 Å². The molecule has 3 unspecified atom stereocenters. The second kappa shape index (κ2) is 18.2. The molecule has 5 rings (SSSR count). The highest BCUT2D eigenvalue weighted by molar-refractivity contribution is 5.89. The van der Waals surface area contributed by atoms with Gasteiger partial charge in [0, 0.05) is 36.7 Å². The average molecular weight is 691 g/mol. The van der Waals surface area contributed by atoms with E-state index in [9.17, 15) is 25.2 Å². The summed E-state index contributed by atoms with van der Waals surface area (Å²) < 4.78 is 6.00. The van der Waals surface area contributed by atoms with Gasteiger partial charge in [-0.05, 0) is 115 Å². The summed E-state index contributed by atoms with van der Waals surface area (Å²) in [6, 6.07) is 16.5.